The van der Waals surface area contributed by atoms with Crippen LogP contribution in [0.25, 0.3) is 16.9 Å². The molecular weight excluding hydrogens is 473 g/mol. The number of aromatic nitrogens is 3. The molecule has 2 aromatic heterocycles. The number of benzene rings is 1. The van der Waals surface area contributed by atoms with E-state index in [0.717, 1.165) is 38.2 Å². The summed E-state index contributed by atoms with van der Waals surface area (Å²) < 4.78 is 43.7. The van der Waals surface area contributed by atoms with Crippen LogP contribution in [0.15, 0.2) is 24.4 Å². The lowest BCUT2D eigenvalue weighted by molar-refractivity contribution is -0.137. The van der Waals surface area contributed by atoms with Gasteiger partial charge < -0.3 is 16.0 Å². The fourth-order valence-electron chi connectivity index (χ4n) is 5.15. The quantitative estimate of drug-likeness (QED) is 0.553. The lowest BCUT2D eigenvalue weighted by Crippen LogP contribution is -2.39. The highest BCUT2D eigenvalue weighted by Crippen LogP contribution is 2.43. The highest BCUT2D eigenvalue weighted by molar-refractivity contribution is 6.04. The molecule has 3 aromatic rings. The summed E-state index contributed by atoms with van der Waals surface area (Å²) in [6, 6.07) is 4.04. The molecule has 3 aliphatic rings. The molecule has 0 saturated heterocycles. The molecule has 2 amide bonds. The SMILES string of the molecule is CC(C1CC1)N1Cc2cc(-c3ccn4nc(N)c(C(=O)NC5CCC5)c4n3)cc(C(F)(F)F)c2C1=O. The highest BCUT2D eigenvalue weighted by atomic mass is 19.4. The Hall–Kier alpha value is -3.63. The van der Waals surface area contributed by atoms with Gasteiger partial charge in [-0.1, -0.05) is 0 Å². The molecule has 0 spiro atoms. The number of hydrogen-bond donors (Lipinski definition) is 2. The number of halogens is 3. The zero-order valence-corrected chi connectivity index (χ0v) is 19.6. The van der Waals surface area contributed by atoms with Crippen LogP contribution in [0, 0.1) is 5.92 Å². The minimum atomic E-state index is -4.71. The van der Waals surface area contributed by atoms with Crippen molar-refractivity contribution in [2.45, 2.75) is 63.8 Å². The van der Waals surface area contributed by atoms with Gasteiger partial charge in [-0.25, -0.2) is 9.50 Å². The standard InChI is InChI=1S/C25H25F3N6O2/c1-12(13-5-6-13)33-11-15-9-14(10-17(25(26,27)28)19(15)24(33)36)18-7-8-34-22(31-18)20(21(29)32-34)23(35)30-16-3-2-4-16/h7-10,12-13,16H,2-6,11H2,1H3,(H2,29,32)(H,30,35). The van der Waals surface area contributed by atoms with E-state index in [1.165, 1.54) is 16.8 Å². The first kappa shape index (κ1) is 22.8. The molecule has 1 unspecified atom stereocenters. The van der Waals surface area contributed by atoms with Gasteiger partial charge in [-0.05, 0) is 68.7 Å². The van der Waals surface area contributed by atoms with Crippen molar-refractivity contribution in [1.29, 1.82) is 0 Å². The lowest BCUT2D eigenvalue weighted by atomic mass is 9.93. The third kappa shape index (κ3) is 3.68. The van der Waals surface area contributed by atoms with Gasteiger partial charge in [0, 0.05) is 30.4 Å². The summed E-state index contributed by atoms with van der Waals surface area (Å²) in [4.78, 5) is 31.9. The van der Waals surface area contributed by atoms with Crippen molar-refractivity contribution in [3.8, 4) is 11.3 Å². The number of carbonyl (C=O) groups excluding carboxylic acids is 2. The lowest BCUT2D eigenvalue weighted by Gasteiger charge is -2.26. The van der Waals surface area contributed by atoms with Crippen LogP contribution < -0.4 is 11.1 Å². The van der Waals surface area contributed by atoms with Gasteiger partial charge in [0.15, 0.2) is 11.5 Å². The summed E-state index contributed by atoms with van der Waals surface area (Å²) in [5, 5.41) is 7.04. The number of amides is 2. The highest BCUT2D eigenvalue weighted by Gasteiger charge is 2.44. The number of nitrogen functional groups attached to an aromatic ring is 1. The van der Waals surface area contributed by atoms with E-state index in [9.17, 15) is 22.8 Å². The van der Waals surface area contributed by atoms with Crippen molar-refractivity contribution in [3.05, 3.63) is 46.6 Å². The molecule has 1 aromatic carbocycles. The summed E-state index contributed by atoms with van der Waals surface area (Å²) in [6.45, 7) is 2.02. The zero-order chi connectivity index (χ0) is 25.4. The molecule has 1 aliphatic heterocycles. The maximum atomic E-state index is 14.1. The minimum Gasteiger partial charge on any atom is -0.381 e. The van der Waals surface area contributed by atoms with Crippen LogP contribution in [-0.2, 0) is 12.7 Å². The summed E-state index contributed by atoms with van der Waals surface area (Å²) >= 11 is 0. The molecule has 8 nitrogen and oxygen atoms in total. The van der Waals surface area contributed by atoms with Gasteiger partial charge >= 0.3 is 6.18 Å². The number of anilines is 1. The Morgan fingerprint density at radius 2 is 1.97 bits per heavy atom. The molecule has 36 heavy (non-hydrogen) atoms. The fourth-order valence-corrected chi connectivity index (χ4v) is 5.15. The first-order valence-electron chi connectivity index (χ1n) is 12.1. The topological polar surface area (TPSA) is 106 Å². The second-order valence-corrected chi connectivity index (χ2v) is 10.0. The van der Waals surface area contributed by atoms with Gasteiger partial charge in [0.1, 0.15) is 5.56 Å². The number of nitrogens with one attached hydrogen (secondary N) is 1. The number of alkyl halides is 3. The molecule has 2 saturated carbocycles. The molecule has 1 atom stereocenters. The third-order valence-electron chi connectivity index (χ3n) is 7.61. The number of nitrogens with two attached hydrogens (primary N) is 1. The average Bonchev–Trinajstić information content (AvgIpc) is 3.52. The van der Waals surface area contributed by atoms with E-state index in [-0.39, 0.29) is 52.5 Å². The van der Waals surface area contributed by atoms with Crippen LogP contribution in [0.4, 0.5) is 19.0 Å². The van der Waals surface area contributed by atoms with Gasteiger partial charge in [0.25, 0.3) is 11.8 Å². The van der Waals surface area contributed by atoms with E-state index in [1.807, 2.05) is 6.92 Å². The Morgan fingerprint density at radius 3 is 2.61 bits per heavy atom. The Labute approximate surface area is 204 Å². The van der Waals surface area contributed by atoms with Crippen LogP contribution in [-0.4, -0.2) is 43.4 Å². The average molecular weight is 499 g/mol. The summed E-state index contributed by atoms with van der Waals surface area (Å²) in [7, 11) is 0. The first-order chi connectivity index (χ1) is 17.1. The Bertz CT molecular complexity index is 1410. The number of rotatable bonds is 5. The largest absolute Gasteiger partial charge is 0.417 e. The molecule has 11 heteroatoms. The first-order valence-corrected chi connectivity index (χ1v) is 12.1. The molecular formula is C25H25F3N6O2. The van der Waals surface area contributed by atoms with Gasteiger partial charge in [-0.15, -0.1) is 5.10 Å². The van der Waals surface area contributed by atoms with E-state index in [2.05, 4.69) is 15.4 Å². The molecule has 188 valence electrons. The van der Waals surface area contributed by atoms with Gasteiger partial charge in [0.2, 0.25) is 0 Å². The molecule has 2 aliphatic carbocycles. The molecule has 0 radical (unpaired) electrons. The van der Waals surface area contributed by atoms with Crippen molar-refractivity contribution in [2.24, 2.45) is 5.92 Å². The summed E-state index contributed by atoms with van der Waals surface area (Å²) in [5.74, 6) is -0.656. The third-order valence-corrected chi connectivity index (χ3v) is 7.61. The Morgan fingerprint density at radius 1 is 1.22 bits per heavy atom. The summed E-state index contributed by atoms with van der Waals surface area (Å²) in [6.07, 6.45) is 1.56. The van der Waals surface area contributed by atoms with Crippen LogP contribution in [0.5, 0.6) is 0 Å². The van der Waals surface area contributed by atoms with Crippen LogP contribution >= 0.6 is 0 Å². The van der Waals surface area contributed by atoms with E-state index >= 15 is 0 Å². The van der Waals surface area contributed by atoms with Crippen molar-refractivity contribution in [3.63, 3.8) is 0 Å². The predicted molar refractivity (Wildman–Crippen MR) is 125 cm³/mol. The number of hydrogen-bond acceptors (Lipinski definition) is 5. The second kappa shape index (κ2) is 7.94. The predicted octanol–water partition coefficient (Wildman–Crippen LogP) is 4.03. The smallest absolute Gasteiger partial charge is 0.381 e. The van der Waals surface area contributed by atoms with Gasteiger partial charge in [-0.3, -0.25) is 9.59 Å². The van der Waals surface area contributed by atoms with Crippen molar-refractivity contribution >= 4 is 23.3 Å². The van der Waals surface area contributed by atoms with E-state index < -0.39 is 23.6 Å². The van der Waals surface area contributed by atoms with E-state index in [4.69, 9.17) is 5.73 Å². The van der Waals surface area contributed by atoms with Crippen molar-refractivity contribution in [1.82, 2.24) is 24.8 Å². The number of carbonyl (C=O) groups is 2. The van der Waals surface area contributed by atoms with Crippen LogP contribution in [0.1, 0.15) is 70.9 Å². The maximum absolute atomic E-state index is 14.1. The molecule has 3 N–H and O–H groups in total. The number of nitrogens with zero attached hydrogens (tertiary/aromatic N) is 4. The monoisotopic (exact) mass is 498 g/mol. The second-order valence-electron chi connectivity index (χ2n) is 10.0. The maximum Gasteiger partial charge on any atom is 0.417 e. The van der Waals surface area contributed by atoms with Crippen molar-refractivity contribution in [2.75, 3.05) is 5.73 Å². The van der Waals surface area contributed by atoms with Crippen LogP contribution in [0.3, 0.4) is 0 Å². The van der Waals surface area contributed by atoms with E-state index in [0.29, 0.717) is 11.5 Å². The molecule has 2 fully saturated rings. The molecule has 3 heterocycles. The normalized spacial score (nSPS) is 18.9. The summed E-state index contributed by atoms with van der Waals surface area (Å²) in [5.41, 5.74) is 5.78. The van der Waals surface area contributed by atoms with Crippen molar-refractivity contribution < 1.29 is 22.8 Å². The number of fused-ring (bicyclic) bond motifs is 2. The molecule has 0 bridgehead atoms. The van der Waals surface area contributed by atoms with E-state index in [1.54, 1.807) is 11.0 Å². The van der Waals surface area contributed by atoms with Crippen LogP contribution in [0.2, 0.25) is 0 Å². The Balaban J connectivity index is 1.43. The van der Waals surface area contributed by atoms with Gasteiger partial charge in [0.05, 0.1) is 16.8 Å². The zero-order valence-electron chi connectivity index (χ0n) is 19.6. The minimum absolute atomic E-state index is 0.00305. The molecule has 6 rings (SSSR count). The fraction of sp³-hybridized carbons (Fsp3) is 0.440. The van der Waals surface area contributed by atoms with Gasteiger partial charge in [-0.2, -0.15) is 13.2 Å². The Kier molecular flexibility index (Phi) is 5.03.